The summed E-state index contributed by atoms with van der Waals surface area (Å²) in [6, 6.07) is 8.02. The highest BCUT2D eigenvalue weighted by molar-refractivity contribution is 9.11. The topological polar surface area (TPSA) is 30.7 Å². The first-order valence-corrected chi connectivity index (χ1v) is 8.44. The highest BCUT2D eigenvalue weighted by Crippen LogP contribution is 2.32. The van der Waals surface area contributed by atoms with E-state index in [1.54, 1.807) is 0 Å². The third-order valence-corrected chi connectivity index (χ3v) is 4.49. The van der Waals surface area contributed by atoms with E-state index in [0.29, 0.717) is 0 Å². The molecule has 2 heterocycles. The van der Waals surface area contributed by atoms with Gasteiger partial charge < -0.3 is 0 Å². The van der Waals surface area contributed by atoms with Gasteiger partial charge in [-0.3, -0.25) is 4.57 Å². The van der Waals surface area contributed by atoms with Crippen molar-refractivity contribution in [2.45, 2.75) is 19.2 Å². The number of halogens is 3. The van der Waals surface area contributed by atoms with E-state index in [9.17, 15) is 0 Å². The van der Waals surface area contributed by atoms with Crippen molar-refractivity contribution in [1.29, 1.82) is 0 Å². The molecule has 0 aliphatic heterocycles. The lowest BCUT2D eigenvalue weighted by Gasteiger charge is -2.12. The van der Waals surface area contributed by atoms with E-state index >= 15 is 0 Å². The molecule has 1 atom stereocenters. The lowest BCUT2D eigenvalue weighted by molar-refractivity contribution is 0.874. The van der Waals surface area contributed by atoms with Crippen molar-refractivity contribution >= 4 is 54.6 Å². The number of alkyl halides is 1. The van der Waals surface area contributed by atoms with Gasteiger partial charge in [-0.25, -0.2) is 9.97 Å². The van der Waals surface area contributed by atoms with Crippen molar-refractivity contribution in [3.8, 4) is 5.69 Å². The van der Waals surface area contributed by atoms with Gasteiger partial charge in [0.2, 0.25) is 0 Å². The second-order valence-corrected chi connectivity index (χ2v) is 7.30. The number of imidazole rings is 1. The molecule has 0 radical (unpaired) electrons. The summed E-state index contributed by atoms with van der Waals surface area (Å²) in [5.41, 5.74) is 3.72. The summed E-state index contributed by atoms with van der Waals surface area (Å²) in [5, 5.41) is -0.213. The van der Waals surface area contributed by atoms with Crippen LogP contribution < -0.4 is 0 Å². The minimum atomic E-state index is -0.213. The number of pyridine rings is 1. The molecule has 3 aromatic rings. The molecule has 0 fully saturated rings. The molecule has 0 aliphatic rings. The van der Waals surface area contributed by atoms with E-state index in [4.69, 9.17) is 11.6 Å². The average Bonchev–Trinajstić information content (AvgIpc) is 2.77. The van der Waals surface area contributed by atoms with E-state index in [2.05, 4.69) is 41.8 Å². The molecule has 0 saturated carbocycles. The van der Waals surface area contributed by atoms with E-state index in [1.165, 1.54) is 0 Å². The van der Waals surface area contributed by atoms with Gasteiger partial charge in [0.25, 0.3) is 0 Å². The van der Waals surface area contributed by atoms with E-state index < -0.39 is 0 Å². The quantitative estimate of drug-likeness (QED) is 0.500. The van der Waals surface area contributed by atoms with Crippen molar-refractivity contribution < 1.29 is 0 Å². The highest BCUT2D eigenvalue weighted by Gasteiger charge is 2.19. The molecule has 108 valence electrons. The molecule has 0 bridgehead atoms. The molecule has 1 unspecified atom stereocenters. The van der Waals surface area contributed by atoms with Crippen molar-refractivity contribution in [3.05, 3.63) is 50.8 Å². The van der Waals surface area contributed by atoms with Gasteiger partial charge in [-0.05, 0) is 59.6 Å². The molecule has 1 aromatic carbocycles. The third-order valence-electron chi connectivity index (χ3n) is 3.17. The van der Waals surface area contributed by atoms with Crippen LogP contribution in [-0.2, 0) is 0 Å². The van der Waals surface area contributed by atoms with Crippen LogP contribution in [0.4, 0.5) is 0 Å². The standard InChI is InChI=1S/C15H12Br2ClN3/c1-8-5-12-15(19-7-8)21(14(20-12)9(2)18)13-4-3-10(16)6-11(13)17/h3-7,9H,1-2H3. The summed E-state index contributed by atoms with van der Waals surface area (Å²) in [5.74, 6) is 0.785. The van der Waals surface area contributed by atoms with E-state index in [1.807, 2.05) is 48.9 Å². The number of hydrogen-bond donors (Lipinski definition) is 0. The zero-order valence-electron chi connectivity index (χ0n) is 11.4. The van der Waals surface area contributed by atoms with Gasteiger partial charge in [0.1, 0.15) is 11.3 Å². The Morgan fingerprint density at radius 2 is 2.00 bits per heavy atom. The lowest BCUT2D eigenvalue weighted by Crippen LogP contribution is -2.03. The van der Waals surface area contributed by atoms with Crippen LogP contribution in [0, 0.1) is 6.92 Å². The van der Waals surface area contributed by atoms with E-state index in [-0.39, 0.29) is 5.38 Å². The van der Waals surface area contributed by atoms with Crippen LogP contribution in [-0.4, -0.2) is 14.5 Å². The Labute approximate surface area is 144 Å². The van der Waals surface area contributed by atoms with Crippen molar-refractivity contribution in [1.82, 2.24) is 14.5 Å². The van der Waals surface area contributed by atoms with Crippen LogP contribution in [0.25, 0.3) is 16.9 Å². The summed E-state index contributed by atoms with van der Waals surface area (Å²) in [4.78, 5) is 9.18. The van der Waals surface area contributed by atoms with Gasteiger partial charge in [-0.1, -0.05) is 15.9 Å². The number of benzene rings is 1. The first-order valence-electron chi connectivity index (χ1n) is 6.42. The Bertz CT molecular complexity index is 827. The third kappa shape index (κ3) is 2.74. The van der Waals surface area contributed by atoms with Gasteiger partial charge >= 0.3 is 0 Å². The minimum absolute atomic E-state index is 0.213. The summed E-state index contributed by atoms with van der Waals surface area (Å²) < 4.78 is 3.96. The predicted octanol–water partition coefficient (Wildman–Crippen LogP) is 5.55. The molecule has 0 saturated heterocycles. The van der Waals surface area contributed by atoms with Gasteiger partial charge in [-0.15, -0.1) is 11.6 Å². The second-order valence-electron chi connectivity index (χ2n) is 4.87. The van der Waals surface area contributed by atoms with Gasteiger partial charge in [-0.2, -0.15) is 0 Å². The lowest BCUT2D eigenvalue weighted by atomic mass is 10.3. The summed E-state index contributed by atoms with van der Waals surface area (Å²) in [6.07, 6.45) is 1.84. The average molecular weight is 430 g/mol. The number of aromatic nitrogens is 3. The van der Waals surface area contributed by atoms with Crippen molar-refractivity contribution in [2.75, 3.05) is 0 Å². The fourth-order valence-electron chi connectivity index (χ4n) is 2.25. The molecule has 0 N–H and O–H groups in total. The van der Waals surface area contributed by atoms with Gasteiger partial charge in [0.05, 0.1) is 11.1 Å². The minimum Gasteiger partial charge on any atom is -0.278 e. The predicted molar refractivity (Wildman–Crippen MR) is 93.3 cm³/mol. The van der Waals surface area contributed by atoms with Crippen LogP contribution in [0.2, 0.25) is 0 Å². The Morgan fingerprint density at radius 1 is 1.24 bits per heavy atom. The van der Waals surface area contributed by atoms with Crippen molar-refractivity contribution in [3.63, 3.8) is 0 Å². The smallest absolute Gasteiger partial charge is 0.164 e. The largest absolute Gasteiger partial charge is 0.278 e. The Morgan fingerprint density at radius 3 is 2.67 bits per heavy atom. The summed E-state index contributed by atoms with van der Waals surface area (Å²) in [6.45, 7) is 3.92. The molecule has 3 nitrogen and oxygen atoms in total. The fraction of sp³-hybridized carbons (Fsp3) is 0.200. The van der Waals surface area contributed by atoms with E-state index in [0.717, 1.165) is 37.2 Å². The SMILES string of the molecule is Cc1cnc2c(c1)nc(C(C)Cl)n2-c1ccc(Br)cc1Br. The molecule has 0 aliphatic carbocycles. The molecule has 3 rings (SSSR count). The maximum atomic E-state index is 6.32. The molecule has 6 heteroatoms. The van der Waals surface area contributed by atoms with Crippen molar-refractivity contribution in [2.24, 2.45) is 0 Å². The molecule has 0 amide bonds. The van der Waals surface area contributed by atoms with Gasteiger partial charge in [0, 0.05) is 15.1 Å². The number of hydrogen-bond acceptors (Lipinski definition) is 2. The number of aryl methyl sites for hydroxylation is 1. The first-order chi connectivity index (χ1) is 9.97. The molecular formula is C15H12Br2ClN3. The monoisotopic (exact) mass is 427 g/mol. The van der Waals surface area contributed by atoms with Crippen LogP contribution >= 0.6 is 43.5 Å². The van der Waals surface area contributed by atoms with Crippen LogP contribution in [0.15, 0.2) is 39.4 Å². The molecule has 21 heavy (non-hydrogen) atoms. The summed E-state index contributed by atoms with van der Waals surface area (Å²) >= 11 is 13.4. The maximum absolute atomic E-state index is 6.32. The van der Waals surface area contributed by atoms with Crippen LogP contribution in [0.1, 0.15) is 23.7 Å². The summed E-state index contributed by atoms with van der Waals surface area (Å²) in [7, 11) is 0. The Hall–Kier alpha value is -0.910. The first kappa shape index (κ1) is 15.0. The molecular weight excluding hydrogens is 417 g/mol. The zero-order chi connectivity index (χ0) is 15.1. The normalized spacial score (nSPS) is 12.8. The zero-order valence-corrected chi connectivity index (χ0v) is 15.4. The number of rotatable bonds is 2. The highest BCUT2D eigenvalue weighted by atomic mass is 79.9. The maximum Gasteiger partial charge on any atom is 0.164 e. The second kappa shape index (κ2) is 5.71. The molecule has 2 aromatic heterocycles. The van der Waals surface area contributed by atoms with Crippen LogP contribution in [0.3, 0.4) is 0 Å². The fourth-order valence-corrected chi connectivity index (χ4v) is 3.62. The molecule has 0 spiro atoms. The number of nitrogens with zero attached hydrogens (tertiary/aromatic N) is 3. The van der Waals surface area contributed by atoms with Crippen LogP contribution in [0.5, 0.6) is 0 Å². The Balaban J connectivity index is 2.36. The number of fused-ring (bicyclic) bond motifs is 1. The Kier molecular flexibility index (Phi) is 4.08. The van der Waals surface area contributed by atoms with Gasteiger partial charge in [0.15, 0.2) is 5.65 Å².